The number of para-hydroxylation sites is 1. The smallest absolute Gasteiger partial charge is 0.431 e. The highest BCUT2D eigenvalue weighted by atomic mass is 32.2. The van der Waals surface area contributed by atoms with E-state index in [9.17, 15) is 19.2 Å². The zero-order valence-electron chi connectivity index (χ0n) is 18.3. The third-order valence-electron chi connectivity index (χ3n) is 5.10. The number of β-lactam (4-membered cyclic amide) rings is 1. The largest absolute Gasteiger partial charge is 0.511 e. The predicted molar refractivity (Wildman–Crippen MR) is 116 cm³/mol. The Kier molecular flexibility index (Phi) is 6.87. The molecule has 0 spiro atoms. The van der Waals surface area contributed by atoms with E-state index in [-0.39, 0.29) is 24.3 Å². The standard InChI is InChI=1S/C21H27N3O7S/c1-11(2)31-20(28)30-10-29-19(27)16-21(3,4)32-18-15(17(26)24(16)18)23-14(25)9-12-7-5-6-8-13(12)22/h5-8,11,15-16,18H,9-10,22H2,1-4H3,(H,23,25)/t15?,16-,18+/m0/s1. The SMILES string of the molecule is CC(C)OC(=O)OCOC(=O)[C@@H]1N2C(=O)C(NC(=O)Cc3ccccc3N)[C@H]2SC1(C)C. The number of rotatable bonds is 7. The molecule has 2 amide bonds. The molecule has 2 aliphatic rings. The summed E-state index contributed by atoms with van der Waals surface area (Å²) in [5.41, 5.74) is 7.05. The van der Waals surface area contributed by atoms with E-state index in [4.69, 9.17) is 19.9 Å². The average molecular weight is 466 g/mol. The van der Waals surface area contributed by atoms with E-state index in [1.54, 1.807) is 38.1 Å². The molecule has 32 heavy (non-hydrogen) atoms. The summed E-state index contributed by atoms with van der Waals surface area (Å²) in [6.45, 7) is 6.32. The summed E-state index contributed by atoms with van der Waals surface area (Å²) in [4.78, 5) is 50.7. The van der Waals surface area contributed by atoms with Crippen molar-refractivity contribution in [1.29, 1.82) is 0 Å². The fourth-order valence-electron chi connectivity index (χ4n) is 3.66. The number of carbonyl (C=O) groups excluding carboxylic acids is 4. The molecular weight excluding hydrogens is 438 g/mol. The van der Waals surface area contributed by atoms with E-state index in [1.165, 1.54) is 16.7 Å². The van der Waals surface area contributed by atoms with E-state index < -0.39 is 41.1 Å². The number of hydrogen-bond donors (Lipinski definition) is 2. The number of nitrogens with two attached hydrogens (primary N) is 1. The van der Waals surface area contributed by atoms with Crippen molar-refractivity contribution in [2.45, 2.75) is 62.4 Å². The van der Waals surface area contributed by atoms with Crippen LogP contribution in [0.1, 0.15) is 33.3 Å². The van der Waals surface area contributed by atoms with Gasteiger partial charge in [0.05, 0.1) is 12.5 Å². The number of nitrogens with zero attached hydrogens (tertiary/aromatic N) is 1. The van der Waals surface area contributed by atoms with Crippen LogP contribution >= 0.6 is 11.8 Å². The lowest BCUT2D eigenvalue weighted by Crippen LogP contribution is -2.70. The Morgan fingerprint density at radius 3 is 2.56 bits per heavy atom. The number of hydrogen-bond acceptors (Lipinski definition) is 9. The maximum Gasteiger partial charge on any atom is 0.511 e. The molecule has 174 valence electrons. The third kappa shape index (κ3) is 4.93. The van der Waals surface area contributed by atoms with Gasteiger partial charge in [0.2, 0.25) is 18.6 Å². The van der Waals surface area contributed by atoms with E-state index in [0.717, 1.165) is 0 Å². The Morgan fingerprint density at radius 1 is 1.22 bits per heavy atom. The molecule has 0 aromatic heterocycles. The van der Waals surface area contributed by atoms with Crippen molar-refractivity contribution in [3.05, 3.63) is 29.8 Å². The minimum atomic E-state index is -0.951. The molecule has 11 heteroatoms. The zero-order valence-corrected chi connectivity index (χ0v) is 19.1. The lowest BCUT2D eigenvalue weighted by molar-refractivity contribution is -0.170. The Labute approximate surface area is 190 Å². The van der Waals surface area contributed by atoms with Crippen molar-refractivity contribution in [2.24, 2.45) is 0 Å². The van der Waals surface area contributed by atoms with E-state index >= 15 is 0 Å². The van der Waals surface area contributed by atoms with Crippen LogP contribution in [0.4, 0.5) is 10.5 Å². The number of carbonyl (C=O) groups is 4. The van der Waals surface area contributed by atoms with Gasteiger partial charge in [0, 0.05) is 10.4 Å². The van der Waals surface area contributed by atoms with Crippen LogP contribution in [0.2, 0.25) is 0 Å². The molecule has 2 aliphatic heterocycles. The first-order valence-electron chi connectivity index (χ1n) is 10.1. The summed E-state index contributed by atoms with van der Waals surface area (Å²) in [5.74, 6) is -1.40. The van der Waals surface area contributed by atoms with Gasteiger partial charge < -0.3 is 30.2 Å². The Bertz CT molecular complexity index is 920. The predicted octanol–water partition coefficient (Wildman–Crippen LogP) is 1.42. The lowest BCUT2D eigenvalue weighted by atomic mass is 9.96. The van der Waals surface area contributed by atoms with Crippen molar-refractivity contribution < 1.29 is 33.4 Å². The molecule has 3 rings (SSSR count). The molecule has 2 saturated heterocycles. The van der Waals surface area contributed by atoms with E-state index in [0.29, 0.717) is 11.3 Å². The fraction of sp³-hybridized carbons (Fsp3) is 0.524. The van der Waals surface area contributed by atoms with Crippen LogP contribution in [0.5, 0.6) is 0 Å². The highest BCUT2D eigenvalue weighted by Crippen LogP contribution is 2.51. The maximum atomic E-state index is 12.8. The van der Waals surface area contributed by atoms with Crippen LogP contribution in [0.25, 0.3) is 0 Å². The molecule has 0 saturated carbocycles. The van der Waals surface area contributed by atoms with Crippen molar-refractivity contribution in [2.75, 3.05) is 12.5 Å². The molecule has 1 aromatic rings. The Hall–Kier alpha value is -2.95. The minimum absolute atomic E-state index is 0.0481. The van der Waals surface area contributed by atoms with E-state index in [2.05, 4.69) is 5.32 Å². The van der Waals surface area contributed by atoms with Crippen molar-refractivity contribution in [3.8, 4) is 0 Å². The van der Waals surface area contributed by atoms with Crippen LogP contribution in [0, 0.1) is 0 Å². The van der Waals surface area contributed by atoms with Crippen LogP contribution in [0.15, 0.2) is 24.3 Å². The summed E-state index contributed by atoms with van der Waals surface area (Å²) >= 11 is 1.40. The normalized spacial score (nSPS) is 23.2. The molecule has 0 bridgehead atoms. The van der Waals surface area contributed by atoms with Gasteiger partial charge in [-0.05, 0) is 39.3 Å². The molecule has 1 unspecified atom stereocenters. The highest BCUT2D eigenvalue weighted by Gasteiger charge is 2.64. The number of esters is 1. The first kappa shape index (κ1) is 23.7. The number of anilines is 1. The van der Waals surface area contributed by atoms with Gasteiger partial charge in [-0.25, -0.2) is 9.59 Å². The van der Waals surface area contributed by atoms with Gasteiger partial charge in [0.1, 0.15) is 17.5 Å². The second-order valence-corrected chi connectivity index (χ2v) is 10.1. The zero-order chi connectivity index (χ0) is 23.6. The number of nitrogens with one attached hydrogen (secondary N) is 1. The summed E-state index contributed by atoms with van der Waals surface area (Å²) < 4.78 is 13.9. The molecule has 0 aliphatic carbocycles. The van der Waals surface area contributed by atoms with Gasteiger partial charge >= 0.3 is 12.1 Å². The number of fused-ring (bicyclic) bond motifs is 1. The molecule has 1 aromatic carbocycles. The number of ether oxygens (including phenoxy) is 3. The summed E-state index contributed by atoms with van der Waals surface area (Å²) in [5, 5.41) is 2.34. The minimum Gasteiger partial charge on any atom is -0.431 e. The van der Waals surface area contributed by atoms with Crippen LogP contribution in [-0.2, 0) is 35.0 Å². The van der Waals surface area contributed by atoms with Crippen molar-refractivity contribution in [1.82, 2.24) is 10.2 Å². The second kappa shape index (κ2) is 9.27. The first-order valence-corrected chi connectivity index (χ1v) is 11.0. The van der Waals surface area contributed by atoms with Gasteiger partial charge in [0.25, 0.3) is 0 Å². The van der Waals surface area contributed by atoms with Gasteiger partial charge in [0.15, 0.2) is 0 Å². The Balaban J connectivity index is 1.57. The number of thioether (sulfide) groups is 1. The fourth-order valence-corrected chi connectivity index (χ4v) is 5.28. The van der Waals surface area contributed by atoms with Gasteiger partial charge in [-0.2, -0.15) is 0 Å². The quantitative estimate of drug-likeness (QED) is 0.265. The molecule has 3 N–H and O–H groups in total. The monoisotopic (exact) mass is 465 g/mol. The number of nitrogen functional groups attached to an aromatic ring is 1. The first-order chi connectivity index (χ1) is 15.0. The summed E-state index contributed by atoms with van der Waals surface area (Å²) in [6.07, 6.45) is -1.27. The highest BCUT2D eigenvalue weighted by molar-refractivity contribution is 8.01. The second-order valence-electron chi connectivity index (χ2n) is 8.32. The average Bonchev–Trinajstić information content (AvgIpc) is 2.95. The molecular formula is C21H27N3O7S. The number of amides is 2. The Morgan fingerprint density at radius 2 is 1.91 bits per heavy atom. The third-order valence-corrected chi connectivity index (χ3v) is 6.67. The van der Waals surface area contributed by atoms with Crippen LogP contribution in [-0.4, -0.2) is 63.9 Å². The van der Waals surface area contributed by atoms with Gasteiger partial charge in [-0.3, -0.25) is 9.59 Å². The van der Waals surface area contributed by atoms with Gasteiger partial charge in [-0.15, -0.1) is 11.8 Å². The molecule has 2 heterocycles. The summed E-state index contributed by atoms with van der Waals surface area (Å²) in [7, 11) is 0. The van der Waals surface area contributed by atoms with E-state index in [1.807, 2.05) is 13.8 Å². The number of benzene rings is 1. The van der Waals surface area contributed by atoms with Crippen molar-refractivity contribution in [3.63, 3.8) is 0 Å². The maximum absolute atomic E-state index is 12.8. The van der Waals surface area contributed by atoms with Crippen LogP contribution < -0.4 is 11.1 Å². The lowest BCUT2D eigenvalue weighted by Gasteiger charge is -2.43. The topological polar surface area (TPSA) is 137 Å². The molecule has 0 radical (unpaired) electrons. The molecule has 10 nitrogen and oxygen atoms in total. The van der Waals surface area contributed by atoms with Crippen molar-refractivity contribution >= 4 is 41.4 Å². The molecule has 2 fully saturated rings. The molecule has 3 atom stereocenters. The summed E-state index contributed by atoms with van der Waals surface area (Å²) in [6, 6.07) is 5.39. The van der Waals surface area contributed by atoms with Gasteiger partial charge in [-0.1, -0.05) is 18.2 Å². The van der Waals surface area contributed by atoms with Crippen LogP contribution in [0.3, 0.4) is 0 Å².